The summed E-state index contributed by atoms with van der Waals surface area (Å²) >= 11 is 3.43. The van der Waals surface area contributed by atoms with Crippen molar-refractivity contribution in [3.63, 3.8) is 0 Å². The zero-order chi connectivity index (χ0) is 16.8. The number of benzene rings is 1. The van der Waals surface area contributed by atoms with Gasteiger partial charge in [0.25, 0.3) is 0 Å². The summed E-state index contributed by atoms with van der Waals surface area (Å²) in [4.78, 5) is 4.48. The monoisotopic (exact) mass is 394 g/mol. The molecule has 0 spiro atoms. The molecule has 1 N–H and O–H groups in total. The predicted molar refractivity (Wildman–Crippen MR) is 87.4 cm³/mol. The number of imidazole rings is 1. The van der Waals surface area contributed by atoms with E-state index in [1.807, 2.05) is 22.7 Å². The van der Waals surface area contributed by atoms with E-state index in [4.69, 9.17) is 0 Å². The molecule has 0 bridgehead atoms. The van der Waals surface area contributed by atoms with Crippen molar-refractivity contribution in [1.29, 1.82) is 0 Å². The van der Waals surface area contributed by atoms with Gasteiger partial charge in [0, 0.05) is 22.2 Å². The Balaban J connectivity index is 1.89. The number of nitrogens with zero attached hydrogens (tertiary/aromatic N) is 2. The normalized spacial score (nSPS) is 19.9. The van der Waals surface area contributed by atoms with Gasteiger partial charge in [0.05, 0.1) is 17.5 Å². The van der Waals surface area contributed by atoms with Crippen molar-refractivity contribution in [3.05, 3.63) is 64.0 Å². The summed E-state index contributed by atoms with van der Waals surface area (Å²) < 4.78 is 32.8. The molecule has 0 radical (unpaired) electrons. The van der Waals surface area contributed by atoms with E-state index < -0.39 is 12.7 Å². The lowest BCUT2D eigenvalue weighted by molar-refractivity contribution is -0.0505. The van der Waals surface area contributed by atoms with E-state index >= 15 is 0 Å². The molecule has 2 atom stereocenters. The maximum Gasteiger partial charge on any atom is 0.387 e. The first-order chi connectivity index (χ1) is 11.5. The van der Waals surface area contributed by atoms with Gasteiger partial charge in [0.1, 0.15) is 11.4 Å². The van der Waals surface area contributed by atoms with E-state index in [0.717, 1.165) is 10.2 Å². The van der Waals surface area contributed by atoms with Crippen LogP contribution in [0.25, 0.3) is 5.65 Å². The summed E-state index contributed by atoms with van der Waals surface area (Å²) in [7, 11) is 0. The maximum atomic E-state index is 12.7. The fraction of sp³-hybridized carbons (Fsp3) is 0.235. The van der Waals surface area contributed by atoms with Gasteiger partial charge in [-0.05, 0) is 40.5 Å². The lowest BCUT2D eigenvalue weighted by Gasteiger charge is -2.17. The standard InChI is InChI=1S/C17H13BrF2N2O2/c18-9-5-6-14-21-15-12(23)7-11(16(15)22(14)8-9)10-3-1-2-4-13(10)24-17(19)20/h1-6,8,11-12,17,23H,7H2/t11-,12+/m1/s1. The van der Waals surface area contributed by atoms with Crippen LogP contribution in [-0.4, -0.2) is 21.1 Å². The number of alkyl halides is 2. The van der Waals surface area contributed by atoms with Crippen LogP contribution in [0.2, 0.25) is 0 Å². The van der Waals surface area contributed by atoms with Crippen LogP contribution in [0.4, 0.5) is 8.78 Å². The minimum atomic E-state index is -2.90. The number of halogens is 3. The lowest BCUT2D eigenvalue weighted by Crippen LogP contribution is -2.08. The number of rotatable bonds is 3. The second kappa shape index (κ2) is 5.82. The number of aliphatic hydroxyl groups excluding tert-OH is 1. The van der Waals surface area contributed by atoms with Crippen molar-refractivity contribution >= 4 is 21.6 Å². The third-order valence-corrected chi connectivity index (χ3v) is 4.73. The number of para-hydroxylation sites is 1. The van der Waals surface area contributed by atoms with E-state index in [9.17, 15) is 13.9 Å². The number of ether oxygens (including phenoxy) is 1. The van der Waals surface area contributed by atoms with E-state index in [-0.39, 0.29) is 11.7 Å². The Hall–Kier alpha value is -1.99. The predicted octanol–water partition coefficient (Wildman–Crippen LogP) is 4.27. The Morgan fingerprint density at radius 2 is 2.04 bits per heavy atom. The molecule has 7 heteroatoms. The third kappa shape index (κ3) is 2.48. The Kier molecular flexibility index (Phi) is 3.77. The summed E-state index contributed by atoms with van der Waals surface area (Å²) in [5.41, 5.74) is 2.73. The molecule has 24 heavy (non-hydrogen) atoms. The number of aliphatic hydroxyl groups is 1. The number of aromatic nitrogens is 2. The van der Waals surface area contributed by atoms with Gasteiger partial charge >= 0.3 is 6.61 Å². The van der Waals surface area contributed by atoms with E-state index in [2.05, 4.69) is 25.7 Å². The molecule has 1 aliphatic rings. The first-order valence-electron chi connectivity index (χ1n) is 7.44. The van der Waals surface area contributed by atoms with Gasteiger partial charge in [-0.3, -0.25) is 0 Å². The van der Waals surface area contributed by atoms with Crippen molar-refractivity contribution in [2.75, 3.05) is 0 Å². The highest BCUT2D eigenvalue weighted by atomic mass is 79.9. The molecule has 1 aromatic carbocycles. The van der Waals surface area contributed by atoms with Crippen LogP contribution < -0.4 is 4.74 Å². The highest BCUT2D eigenvalue weighted by molar-refractivity contribution is 9.10. The van der Waals surface area contributed by atoms with Gasteiger partial charge in [-0.1, -0.05) is 18.2 Å². The number of hydrogen-bond acceptors (Lipinski definition) is 3. The first kappa shape index (κ1) is 15.5. The van der Waals surface area contributed by atoms with Crippen LogP contribution in [0, 0.1) is 0 Å². The molecule has 1 aliphatic carbocycles. The number of pyridine rings is 1. The molecular weight excluding hydrogens is 382 g/mol. The summed E-state index contributed by atoms with van der Waals surface area (Å²) in [6.45, 7) is -2.90. The summed E-state index contributed by atoms with van der Waals surface area (Å²) in [5.74, 6) is -0.142. The van der Waals surface area contributed by atoms with Crippen molar-refractivity contribution in [2.45, 2.75) is 25.1 Å². The molecule has 2 aromatic heterocycles. The lowest BCUT2D eigenvalue weighted by atomic mass is 9.95. The summed E-state index contributed by atoms with van der Waals surface area (Å²) in [6.07, 6.45) is 1.52. The minimum absolute atomic E-state index is 0.127. The van der Waals surface area contributed by atoms with Crippen LogP contribution in [-0.2, 0) is 0 Å². The maximum absolute atomic E-state index is 12.7. The first-order valence-corrected chi connectivity index (χ1v) is 8.23. The molecule has 3 aromatic rings. The Morgan fingerprint density at radius 3 is 2.83 bits per heavy atom. The molecule has 124 valence electrons. The average molecular weight is 395 g/mol. The van der Waals surface area contributed by atoms with Gasteiger partial charge in [-0.25, -0.2) is 4.98 Å². The van der Waals surface area contributed by atoms with Gasteiger partial charge in [0.15, 0.2) is 0 Å². The Morgan fingerprint density at radius 1 is 1.25 bits per heavy atom. The highest BCUT2D eigenvalue weighted by Crippen LogP contribution is 2.46. The fourth-order valence-corrected chi connectivity index (χ4v) is 3.68. The molecule has 0 aliphatic heterocycles. The molecule has 4 nitrogen and oxygen atoms in total. The smallest absolute Gasteiger partial charge is 0.387 e. The van der Waals surface area contributed by atoms with Gasteiger partial charge < -0.3 is 14.2 Å². The Labute approximate surface area is 144 Å². The van der Waals surface area contributed by atoms with E-state index in [1.165, 1.54) is 6.07 Å². The number of hydrogen-bond donors (Lipinski definition) is 1. The van der Waals surface area contributed by atoms with Crippen LogP contribution in [0.3, 0.4) is 0 Å². The zero-order valence-corrected chi connectivity index (χ0v) is 14.0. The molecule has 0 saturated carbocycles. The Bertz CT molecular complexity index is 913. The van der Waals surface area contributed by atoms with Crippen LogP contribution in [0.1, 0.15) is 35.4 Å². The molecule has 0 amide bonds. The van der Waals surface area contributed by atoms with Gasteiger partial charge in [-0.2, -0.15) is 8.78 Å². The molecule has 0 fully saturated rings. The van der Waals surface area contributed by atoms with Crippen LogP contribution in [0.5, 0.6) is 5.75 Å². The van der Waals surface area contributed by atoms with Gasteiger partial charge in [0.2, 0.25) is 0 Å². The highest BCUT2D eigenvalue weighted by Gasteiger charge is 2.37. The summed E-state index contributed by atoms with van der Waals surface area (Å²) in [5, 5.41) is 10.4. The van der Waals surface area contributed by atoms with Crippen molar-refractivity contribution in [2.24, 2.45) is 0 Å². The van der Waals surface area contributed by atoms with Crippen molar-refractivity contribution in [3.8, 4) is 5.75 Å². The van der Waals surface area contributed by atoms with E-state index in [1.54, 1.807) is 18.2 Å². The molecule has 4 rings (SSSR count). The average Bonchev–Trinajstić information content (AvgIpc) is 3.05. The quantitative estimate of drug-likeness (QED) is 0.721. The van der Waals surface area contributed by atoms with Gasteiger partial charge in [-0.15, -0.1) is 0 Å². The van der Waals surface area contributed by atoms with Crippen LogP contribution in [0.15, 0.2) is 47.1 Å². The van der Waals surface area contributed by atoms with Crippen LogP contribution >= 0.6 is 15.9 Å². The second-order valence-electron chi connectivity index (χ2n) is 5.68. The largest absolute Gasteiger partial charge is 0.435 e. The zero-order valence-electron chi connectivity index (χ0n) is 12.4. The topological polar surface area (TPSA) is 46.8 Å². The van der Waals surface area contributed by atoms with E-state index in [0.29, 0.717) is 23.3 Å². The van der Waals surface area contributed by atoms with Crippen molar-refractivity contribution in [1.82, 2.24) is 9.38 Å². The molecule has 2 heterocycles. The molecular formula is C17H13BrF2N2O2. The van der Waals surface area contributed by atoms with Crippen molar-refractivity contribution < 1.29 is 18.6 Å². The third-order valence-electron chi connectivity index (χ3n) is 4.26. The second-order valence-corrected chi connectivity index (χ2v) is 6.59. The molecule has 0 saturated heterocycles. The fourth-order valence-electron chi connectivity index (χ4n) is 3.34. The SMILES string of the molecule is O[C@H]1C[C@H](c2ccccc2OC(F)F)c2c1nc1ccc(Br)cn21. The summed E-state index contributed by atoms with van der Waals surface area (Å²) in [6, 6.07) is 10.4. The minimum Gasteiger partial charge on any atom is -0.435 e. The molecule has 0 unspecified atom stereocenters. The number of fused-ring (bicyclic) bond motifs is 3.